The van der Waals surface area contributed by atoms with Crippen LogP contribution in [0.3, 0.4) is 0 Å². The van der Waals surface area contributed by atoms with Gasteiger partial charge in [-0.25, -0.2) is 0 Å². The molecule has 6 unspecified atom stereocenters. The van der Waals surface area contributed by atoms with Crippen molar-refractivity contribution in [2.24, 2.45) is 0 Å². The van der Waals surface area contributed by atoms with Crippen LogP contribution in [0.25, 0.3) is 0 Å². The van der Waals surface area contributed by atoms with E-state index >= 15 is 0 Å². The molecule has 39 heavy (non-hydrogen) atoms. The van der Waals surface area contributed by atoms with Crippen LogP contribution in [0.1, 0.15) is 31.1 Å². The highest BCUT2D eigenvalue weighted by Crippen LogP contribution is 2.32. The van der Waals surface area contributed by atoms with Crippen molar-refractivity contribution in [2.45, 2.75) is 36.6 Å². The normalized spacial score (nSPS) is 16.0. The molecule has 0 heterocycles. The molecular weight excluding hydrogens is 867 g/mol. The molecule has 0 spiro atoms. The molecule has 0 aromatic heterocycles. The van der Waals surface area contributed by atoms with Crippen LogP contribution in [0.2, 0.25) is 0 Å². The Morgan fingerprint density at radius 3 is 0.872 bits per heavy atom. The van der Waals surface area contributed by atoms with Gasteiger partial charge in [-0.3, -0.25) is 14.4 Å². The monoisotopic (exact) mass is 897 g/mol. The van der Waals surface area contributed by atoms with E-state index in [2.05, 4.69) is 16.0 Å². The number of halogens is 3. The first-order valence-electron chi connectivity index (χ1n) is 11.2. The van der Waals surface area contributed by atoms with Gasteiger partial charge < -0.3 is 61.9 Å². The third-order valence-electron chi connectivity index (χ3n) is 5.31. The van der Waals surface area contributed by atoms with Crippen LogP contribution >= 0.6 is 67.8 Å². The summed E-state index contributed by atoms with van der Waals surface area (Å²) < 4.78 is 0.203. The van der Waals surface area contributed by atoms with Crippen LogP contribution in [-0.4, -0.2) is 140 Å². The molecule has 1 aromatic rings. The number of benzene rings is 1. The lowest BCUT2D eigenvalue weighted by molar-refractivity contribution is -0.0124. The predicted octanol–water partition coefficient (Wildman–Crippen LogP) is -4.17. The Morgan fingerprint density at radius 2 is 0.692 bits per heavy atom. The fourth-order valence-electron chi connectivity index (χ4n) is 2.89. The van der Waals surface area contributed by atoms with Gasteiger partial charge >= 0.3 is 0 Å². The van der Waals surface area contributed by atoms with E-state index in [4.69, 9.17) is 15.3 Å². The number of aliphatic hydroxyl groups is 9. The molecule has 0 fully saturated rings. The quantitative estimate of drug-likeness (QED) is 0.0749. The molecule has 0 aliphatic heterocycles. The van der Waals surface area contributed by atoms with Crippen molar-refractivity contribution in [3.05, 3.63) is 27.4 Å². The van der Waals surface area contributed by atoms with Crippen molar-refractivity contribution >= 4 is 85.5 Å². The molecule has 0 bridgehead atoms. The second kappa shape index (κ2) is 17.4. The molecule has 1 rings (SSSR count). The lowest BCUT2D eigenvalue weighted by Gasteiger charge is -2.22. The summed E-state index contributed by atoms with van der Waals surface area (Å²) in [6.45, 7) is -3.76. The van der Waals surface area contributed by atoms with Gasteiger partial charge in [0, 0.05) is 30.3 Å². The minimum Gasteiger partial charge on any atom is -0.394 e. The van der Waals surface area contributed by atoms with Crippen molar-refractivity contribution < 1.29 is 60.3 Å². The molecular formula is C21H30I3N3O12. The smallest absolute Gasteiger partial charge is 0.253 e. The van der Waals surface area contributed by atoms with Gasteiger partial charge in [-0.15, -0.1) is 0 Å². The molecule has 12 N–H and O–H groups in total. The maximum absolute atomic E-state index is 13.1. The summed E-state index contributed by atoms with van der Waals surface area (Å²) in [5, 5.41) is 92.2. The zero-order chi connectivity index (χ0) is 30.0. The van der Waals surface area contributed by atoms with Crippen LogP contribution in [0, 0.1) is 10.7 Å². The Kier molecular flexibility index (Phi) is 16.3. The molecule has 0 aliphatic carbocycles. The fourth-order valence-corrected chi connectivity index (χ4v) is 7.53. The molecule has 3 amide bonds. The number of rotatable bonds is 15. The van der Waals surface area contributed by atoms with Crippen LogP contribution in [0.15, 0.2) is 0 Å². The van der Waals surface area contributed by atoms with E-state index in [9.17, 15) is 45.0 Å². The van der Waals surface area contributed by atoms with E-state index in [1.54, 1.807) is 67.8 Å². The maximum Gasteiger partial charge on any atom is 0.253 e. The number of amides is 3. The second-order valence-corrected chi connectivity index (χ2v) is 11.4. The second-order valence-electron chi connectivity index (χ2n) is 8.15. The minimum atomic E-state index is -1.54. The van der Waals surface area contributed by atoms with Gasteiger partial charge in [-0.2, -0.15) is 0 Å². The molecule has 0 saturated carbocycles. The first-order chi connectivity index (χ1) is 18.2. The number of aliphatic hydroxyl groups excluding tert-OH is 9. The van der Waals surface area contributed by atoms with Crippen molar-refractivity contribution in [1.82, 2.24) is 16.0 Å². The summed E-state index contributed by atoms with van der Waals surface area (Å²) in [5.74, 6) is -2.54. The van der Waals surface area contributed by atoms with E-state index in [1.165, 1.54) is 0 Å². The van der Waals surface area contributed by atoms with E-state index in [0.717, 1.165) is 0 Å². The average Bonchev–Trinajstić information content (AvgIpc) is 2.91. The summed E-state index contributed by atoms with van der Waals surface area (Å²) >= 11 is 5.09. The van der Waals surface area contributed by atoms with Gasteiger partial charge in [0.1, 0.15) is 18.3 Å². The molecule has 0 aliphatic rings. The maximum atomic E-state index is 13.1. The summed E-state index contributed by atoms with van der Waals surface area (Å²) in [7, 11) is 0. The van der Waals surface area contributed by atoms with E-state index in [1.807, 2.05) is 0 Å². The summed E-state index contributed by atoms with van der Waals surface area (Å²) in [6.07, 6.45) is -9.19. The van der Waals surface area contributed by atoms with Crippen LogP contribution in [0.4, 0.5) is 0 Å². The SMILES string of the molecule is O=C(NCC(O)C(O)CO)c1c(I)c(C(=O)NCC(O)C(O)CO)c(I)c(C(=O)NCC(O)C(O)CO)c1I. The molecule has 6 atom stereocenters. The summed E-state index contributed by atoms with van der Waals surface area (Å²) in [6, 6.07) is 0. The van der Waals surface area contributed by atoms with Crippen molar-refractivity contribution in [3.8, 4) is 0 Å². The fraction of sp³-hybridized carbons (Fsp3) is 0.571. The first-order valence-corrected chi connectivity index (χ1v) is 14.4. The Morgan fingerprint density at radius 1 is 0.487 bits per heavy atom. The number of carbonyl (C=O) groups is 3. The minimum absolute atomic E-state index is 0.0677. The Hall–Kier alpha value is -0.540. The molecule has 222 valence electrons. The lowest BCUT2D eigenvalue weighted by Crippen LogP contribution is -2.43. The van der Waals surface area contributed by atoms with Crippen molar-refractivity contribution in [1.29, 1.82) is 0 Å². The van der Waals surface area contributed by atoms with Gasteiger partial charge in [0.25, 0.3) is 17.7 Å². The molecule has 0 saturated heterocycles. The number of nitrogens with one attached hydrogen (secondary N) is 3. The van der Waals surface area contributed by atoms with Crippen LogP contribution in [-0.2, 0) is 0 Å². The van der Waals surface area contributed by atoms with Gasteiger partial charge in [0.15, 0.2) is 0 Å². The highest BCUT2D eigenvalue weighted by atomic mass is 127. The van der Waals surface area contributed by atoms with Gasteiger partial charge in [-0.1, -0.05) is 0 Å². The summed E-state index contributed by atoms with van der Waals surface area (Å²) in [4.78, 5) is 39.3. The Labute approximate surface area is 263 Å². The van der Waals surface area contributed by atoms with Gasteiger partial charge in [0.05, 0.1) is 54.8 Å². The summed E-state index contributed by atoms with van der Waals surface area (Å²) in [5.41, 5.74) is -0.488. The molecule has 15 nitrogen and oxygen atoms in total. The topological polar surface area (TPSA) is 269 Å². The highest BCUT2D eigenvalue weighted by Gasteiger charge is 2.31. The Bertz CT molecular complexity index is 873. The third-order valence-corrected chi connectivity index (χ3v) is 8.54. The number of carbonyl (C=O) groups excluding carboxylic acids is 3. The van der Waals surface area contributed by atoms with Gasteiger partial charge in [0.2, 0.25) is 0 Å². The zero-order valence-electron chi connectivity index (χ0n) is 20.1. The first kappa shape index (κ1) is 36.5. The standard InChI is InChI=1S/C21H30I3N3O12/c22-16-13(19(37)25-1-7(31)10(34)4-28)17(23)15(21(39)27-3-9(33)12(36)6-30)18(24)14(16)20(38)26-2-8(32)11(35)5-29/h7-12,28-36H,1-6H2,(H,25,37)(H,26,38)(H,27,39). The third kappa shape index (κ3) is 10.1. The number of hydrogen-bond donors (Lipinski definition) is 12. The Balaban J connectivity index is 3.50. The van der Waals surface area contributed by atoms with Crippen molar-refractivity contribution in [3.63, 3.8) is 0 Å². The van der Waals surface area contributed by atoms with E-state index < -0.39 is 93.8 Å². The van der Waals surface area contributed by atoms with Crippen LogP contribution < -0.4 is 16.0 Å². The lowest BCUT2D eigenvalue weighted by atomic mass is 10.0. The van der Waals surface area contributed by atoms with Crippen molar-refractivity contribution in [2.75, 3.05) is 39.5 Å². The number of hydrogen-bond acceptors (Lipinski definition) is 12. The van der Waals surface area contributed by atoms with E-state index in [-0.39, 0.29) is 27.4 Å². The zero-order valence-corrected chi connectivity index (χ0v) is 26.6. The predicted molar refractivity (Wildman–Crippen MR) is 159 cm³/mol. The van der Waals surface area contributed by atoms with Gasteiger partial charge in [-0.05, 0) is 67.8 Å². The average molecular weight is 897 g/mol. The van der Waals surface area contributed by atoms with E-state index in [0.29, 0.717) is 0 Å². The highest BCUT2D eigenvalue weighted by molar-refractivity contribution is 14.1. The molecule has 0 radical (unpaired) electrons. The van der Waals surface area contributed by atoms with Crippen LogP contribution in [0.5, 0.6) is 0 Å². The largest absolute Gasteiger partial charge is 0.394 e. The molecule has 1 aromatic carbocycles. The molecule has 18 heteroatoms.